The van der Waals surface area contributed by atoms with E-state index in [-0.39, 0.29) is 18.0 Å². The van der Waals surface area contributed by atoms with Gasteiger partial charge < -0.3 is 15.4 Å². The number of hydrogen-bond donors (Lipinski definition) is 1. The van der Waals surface area contributed by atoms with Gasteiger partial charge in [-0.25, -0.2) is 19.6 Å². The van der Waals surface area contributed by atoms with Gasteiger partial charge in [-0.15, -0.1) is 0 Å². The van der Waals surface area contributed by atoms with E-state index in [1.807, 2.05) is 40.8 Å². The Morgan fingerprint density at radius 3 is 2.69 bits per heavy atom. The van der Waals surface area contributed by atoms with Crippen LogP contribution in [0.1, 0.15) is 25.8 Å². The summed E-state index contributed by atoms with van der Waals surface area (Å²) in [6.07, 6.45) is 6.04. The molecule has 1 aromatic carbocycles. The summed E-state index contributed by atoms with van der Waals surface area (Å²) in [7, 11) is 0. The van der Waals surface area contributed by atoms with Crippen LogP contribution in [0.2, 0.25) is 5.02 Å². The lowest BCUT2D eigenvalue weighted by molar-refractivity contribution is -0.130. The second-order valence-electron chi connectivity index (χ2n) is 8.47. The molecule has 1 aliphatic rings. The maximum absolute atomic E-state index is 12.4. The molecule has 2 atom stereocenters. The number of likely N-dealkylation sites (tertiary alicyclic amines) is 1. The number of fused-ring (bicyclic) bond motifs is 1. The number of carbonyl (C=O) groups excluding carboxylic acids is 1. The number of nitrogens with zero attached hydrogens (tertiary/aromatic N) is 6. The number of ether oxygens (including phenoxy) is 1. The molecule has 10 heteroatoms. The first kappa shape index (κ1) is 22.8. The number of carbonyl (C=O) groups is 1. The Labute approximate surface area is 207 Å². The molecule has 0 radical (unpaired) electrons. The molecule has 2 unspecified atom stereocenters. The van der Waals surface area contributed by atoms with Gasteiger partial charge in [0.25, 0.3) is 0 Å². The second-order valence-corrected chi connectivity index (χ2v) is 8.90. The van der Waals surface area contributed by atoms with Crippen molar-refractivity contribution in [2.45, 2.75) is 31.8 Å². The van der Waals surface area contributed by atoms with E-state index < -0.39 is 0 Å². The number of benzene rings is 1. The summed E-state index contributed by atoms with van der Waals surface area (Å²) in [6.45, 7) is 6.21. The van der Waals surface area contributed by atoms with Crippen LogP contribution in [-0.4, -0.2) is 48.1 Å². The molecule has 1 fully saturated rings. The molecule has 4 heterocycles. The Morgan fingerprint density at radius 1 is 1.17 bits per heavy atom. The van der Waals surface area contributed by atoms with E-state index in [0.29, 0.717) is 45.7 Å². The maximum atomic E-state index is 12.4. The number of rotatable bonds is 5. The standard InChI is InChI=1S/C25H24ClN7O2/c1-3-21(34)32-13-18(8-4-15(32)2)33-25-22(24(27)29-14-30-25)23(31-33)16-5-9-19(10-6-16)35-20-11-7-17(26)12-28-20/h3,5-7,9-12,14-15,18H,1,4,8,13H2,2H3,(H2,27,29,30). The summed E-state index contributed by atoms with van der Waals surface area (Å²) in [5, 5.41) is 6.14. The molecule has 35 heavy (non-hydrogen) atoms. The largest absolute Gasteiger partial charge is 0.439 e. The molecule has 4 aromatic rings. The highest BCUT2D eigenvalue weighted by molar-refractivity contribution is 6.30. The number of halogens is 1. The van der Waals surface area contributed by atoms with E-state index in [9.17, 15) is 4.79 Å². The number of aromatic nitrogens is 5. The fourth-order valence-electron chi connectivity index (χ4n) is 4.39. The van der Waals surface area contributed by atoms with Crippen molar-refractivity contribution in [3.8, 4) is 22.9 Å². The SMILES string of the molecule is C=CC(=O)N1CC(n2nc(-c3ccc(Oc4ccc(Cl)cn4)cc3)c3c(N)ncnc32)CCC1C. The zero-order chi connectivity index (χ0) is 24.5. The first-order valence-corrected chi connectivity index (χ1v) is 11.6. The fourth-order valence-corrected chi connectivity index (χ4v) is 4.50. The molecule has 0 spiro atoms. The smallest absolute Gasteiger partial charge is 0.246 e. The Hall–Kier alpha value is -3.98. The number of hydrogen-bond acceptors (Lipinski definition) is 7. The Balaban J connectivity index is 1.49. The summed E-state index contributed by atoms with van der Waals surface area (Å²) in [5.41, 5.74) is 8.43. The van der Waals surface area contributed by atoms with E-state index in [4.69, 9.17) is 27.2 Å². The van der Waals surface area contributed by atoms with Gasteiger partial charge in [0, 0.05) is 30.4 Å². The van der Waals surface area contributed by atoms with Crippen molar-refractivity contribution < 1.29 is 9.53 Å². The predicted octanol–water partition coefficient (Wildman–Crippen LogP) is 4.65. The average Bonchev–Trinajstić information content (AvgIpc) is 3.27. The molecular formula is C25H24ClN7O2. The molecule has 9 nitrogen and oxygen atoms in total. The average molecular weight is 490 g/mol. The van der Waals surface area contributed by atoms with E-state index in [1.165, 1.54) is 18.6 Å². The lowest BCUT2D eigenvalue weighted by Gasteiger charge is -2.37. The topological polar surface area (TPSA) is 112 Å². The van der Waals surface area contributed by atoms with Gasteiger partial charge in [0.15, 0.2) is 5.65 Å². The third kappa shape index (κ3) is 4.42. The molecule has 1 aliphatic heterocycles. The number of pyridine rings is 1. The summed E-state index contributed by atoms with van der Waals surface area (Å²) in [4.78, 5) is 27.1. The van der Waals surface area contributed by atoms with Crippen LogP contribution in [0.15, 0.2) is 61.6 Å². The first-order valence-electron chi connectivity index (χ1n) is 11.3. The van der Waals surface area contributed by atoms with Crippen LogP contribution < -0.4 is 10.5 Å². The highest BCUT2D eigenvalue weighted by atomic mass is 35.5. The highest BCUT2D eigenvalue weighted by Crippen LogP contribution is 2.35. The van der Waals surface area contributed by atoms with Gasteiger partial charge in [-0.05, 0) is 56.2 Å². The zero-order valence-corrected chi connectivity index (χ0v) is 19.9. The molecule has 1 amide bonds. The highest BCUT2D eigenvalue weighted by Gasteiger charge is 2.31. The summed E-state index contributed by atoms with van der Waals surface area (Å²) < 4.78 is 7.68. The lowest BCUT2D eigenvalue weighted by atomic mass is 9.99. The normalized spacial score (nSPS) is 17.9. The van der Waals surface area contributed by atoms with Crippen LogP contribution >= 0.6 is 11.6 Å². The van der Waals surface area contributed by atoms with E-state index in [0.717, 1.165) is 18.4 Å². The van der Waals surface area contributed by atoms with Crippen molar-refractivity contribution in [3.63, 3.8) is 0 Å². The minimum atomic E-state index is -0.0845. The van der Waals surface area contributed by atoms with Crippen LogP contribution in [0.5, 0.6) is 11.6 Å². The number of piperidine rings is 1. The number of amides is 1. The summed E-state index contributed by atoms with van der Waals surface area (Å²) in [5.74, 6) is 1.33. The Morgan fingerprint density at radius 2 is 1.97 bits per heavy atom. The van der Waals surface area contributed by atoms with Crippen molar-refractivity contribution in [1.29, 1.82) is 0 Å². The van der Waals surface area contributed by atoms with Crippen molar-refractivity contribution >= 4 is 34.4 Å². The Bertz CT molecular complexity index is 1390. The van der Waals surface area contributed by atoms with Gasteiger partial charge in [-0.1, -0.05) is 18.2 Å². The maximum Gasteiger partial charge on any atom is 0.246 e. The monoisotopic (exact) mass is 489 g/mol. The molecule has 1 saturated heterocycles. The quantitative estimate of drug-likeness (QED) is 0.406. The molecule has 0 bridgehead atoms. The molecule has 0 saturated carbocycles. The summed E-state index contributed by atoms with van der Waals surface area (Å²) in [6, 6.07) is 11.0. The lowest BCUT2D eigenvalue weighted by Crippen LogP contribution is -2.45. The van der Waals surface area contributed by atoms with Crippen molar-refractivity contribution in [2.24, 2.45) is 0 Å². The van der Waals surface area contributed by atoms with E-state index >= 15 is 0 Å². The van der Waals surface area contributed by atoms with E-state index in [1.54, 1.807) is 12.1 Å². The van der Waals surface area contributed by atoms with E-state index in [2.05, 4.69) is 21.5 Å². The predicted molar refractivity (Wildman–Crippen MR) is 134 cm³/mol. The van der Waals surface area contributed by atoms with Crippen LogP contribution in [0, 0.1) is 0 Å². The molecule has 2 N–H and O–H groups in total. The zero-order valence-electron chi connectivity index (χ0n) is 19.1. The molecule has 178 valence electrons. The van der Waals surface area contributed by atoms with Gasteiger partial charge in [0.05, 0.1) is 16.5 Å². The van der Waals surface area contributed by atoms with Gasteiger partial charge >= 0.3 is 0 Å². The van der Waals surface area contributed by atoms with Crippen LogP contribution in [0.3, 0.4) is 0 Å². The van der Waals surface area contributed by atoms with Crippen molar-refractivity contribution in [1.82, 2.24) is 29.6 Å². The van der Waals surface area contributed by atoms with Gasteiger partial charge in [-0.3, -0.25) is 4.79 Å². The van der Waals surface area contributed by atoms with Gasteiger partial charge in [0.1, 0.15) is 23.6 Å². The van der Waals surface area contributed by atoms with Crippen LogP contribution in [-0.2, 0) is 4.79 Å². The van der Waals surface area contributed by atoms with Crippen LogP contribution in [0.4, 0.5) is 5.82 Å². The second kappa shape index (κ2) is 9.34. The molecule has 5 rings (SSSR count). The minimum Gasteiger partial charge on any atom is -0.439 e. The van der Waals surface area contributed by atoms with Crippen molar-refractivity contribution in [2.75, 3.05) is 12.3 Å². The third-order valence-corrected chi connectivity index (χ3v) is 6.45. The summed E-state index contributed by atoms with van der Waals surface area (Å²) >= 11 is 5.89. The number of nitrogens with two attached hydrogens (primary N) is 1. The minimum absolute atomic E-state index is 0.0424. The Kier molecular flexibility index (Phi) is 6.08. The number of anilines is 1. The van der Waals surface area contributed by atoms with Gasteiger partial charge in [-0.2, -0.15) is 5.10 Å². The van der Waals surface area contributed by atoms with Crippen LogP contribution in [0.25, 0.3) is 22.3 Å². The van der Waals surface area contributed by atoms with Gasteiger partial charge in [0.2, 0.25) is 11.8 Å². The fraction of sp³-hybridized carbons (Fsp3) is 0.240. The molecular weight excluding hydrogens is 466 g/mol. The number of nitrogen functional groups attached to an aromatic ring is 1. The third-order valence-electron chi connectivity index (χ3n) is 6.23. The first-order chi connectivity index (χ1) is 16.9. The molecule has 0 aliphatic carbocycles. The van der Waals surface area contributed by atoms with Crippen molar-refractivity contribution in [3.05, 3.63) is 66.6 Å². The molecule has 3 aromatic heterocycles.